The number of carbonyl (C=O) groups is 1. The van der Waals surface area contributed by atoms with E-state index in [0.717, 1.165) is 11.4 Å². The van der Waals surface area contributed by atoms with Crippen molar-refractivity contribution in [1.29, 1.82) is 0 Å². The normalized spacial score (nSPS) is 18.1. The maximum atomic E-state index is 12.8. The molecule has 0 N–H and O–H groups in total. The Hall–Kier alpha value is -1.98. The zero-order chi connectivity index (χ0) is 18.0. The lowest BCUT2D eigenvalue weighted by molar-refractivity contribution is -0.122. The maximum Gasteiger partial charge on any atom is 0.266 e. The van der Waals surface area contributed by atoms with Crippen molar-refractivity contribution in [3.05, 3.63) is 57.8 Å². The van der Waals surface area contributed by atoms with E-state index in [9.17, 15) is 4.79 Å². The number of hydrogen-bond acceptors (Lipinski definition) is 4. The number of hydrogen-bond donors (Lipinski definition) is 0. The lowest BCUT2D eigenvalue weighted by atomic mass is 10.2. The summed E-state index contributed by atoms with van der Waals surface area (Å²) in [5, 5.41) is 1.34. The molecule has 1 saturated heterocycles. The molecule has 0 bridgehead atoms. The minimum Gasteiger partial charge on any atom is -0.462 e. The van der Waals surface area contributed by atoms with Crippen LogP contribution in [-0.2, 0) is 4.79 Å². The van der Waals surface area contributed by atoms with Crippen molar-refractivity contribution < 1.29 is 9.21 Å². The van der Waals surface area contributed by atoms with E-state index in [-0.39, 0.29) is 5.91 Å². The first-order chi connectivity index (χ1) is 11.9. The Morgan fingerprint density at radius 1 is 1.24 bits per heavy atom. The van der Waals surface area contributed by atoms with Gasteiger partial charge in [-0.2, -0.15) is 0 Å². The largest absolute Gasteiger partial charge is 0.462 e. The van der Waals surface area contributed by atoms with Crippen LogP contribution in [0.5, 0.6) is 0 Å². The van der Waals surface area contributed by atoms with E-state index in [0.29, 0.717) is 33.3 Å². The third-order valence-corrected chi connectivity index (χ3v) is 4.78. The summed E-state index contributed by atoms with van der Waals surface area (Å²) in [4.78, 5) is 19.8. The summed E-state index contributed by atoms with van der Waals surface area (Å²) in [5.41, 5.74) is 0.767. The average Bonchev–Trinajstić information content (AvgIpc) is 3.08. The quantitative estimate of drug-likeness (QED) is 0.663. The zero-order valence-corrected chi connectivity index (χ0v) is 15.9. The van der Waals surface area contributed by atoms with Gasteiger partial charge in [0.15, 0.2) is 5.17 Å². The molecule has 0 spiro atoms. The predicted octanol–water partition coefficient (Wildman–Crippen LogP) is 5.50. The first-order valence-electron chi connectivity index (χ1n) is 8.04. The molecule has 6 heteroatoms. The molecule has 1 aromatic heterocycles. The zero-order valence-electron chi connectivity index (χ0n) is 14.3. The van der Waals surface area contributed by atoms with Gasteiger partial charge in [-0.1, -0.05) is 25.4 Å². The highest BCUT2D eigenvalue weighted by molar-refractivity contribution is 8.18. The molecule has 0 aliphatic carbocycles. The van der Waals surface area contributed by atoms with Crippen LogP contribution in [0.3, 0.4) is 0 Å². The Kier molecular flexibility index (Phi) is 5.35. The van der Waals surface area contributed by atoms with Gasteiger partial charge in [0, 0.05) is 17.6 Å². The van der Waals surface area contributed by atoms with Gasteiger partial charge in [0.1, 0.15) is 11.5 Å². The van der Waals surface area contributed by atoms with E-state index >= 15 is 0 Å². The summed E-state index contributed by atoms with van der Waals surface area (Å²) in [5.74, 6) is 1.78. The van der Waals surface area contributed by atoms with Crippen LogP contribution in [0.1, 0.15) is 25.4 Å². The monoisotopic (exact) mass is 374 g/mol. The van der Waals surface area contributed by atoms with E-state index in [1.165, 1.54) is 11.8 Å². The molecule has 0 unspecified atom stereocenters. The molecule has 2 aromatic rings. The van der Waals surface area contributed by atoms with Crippen LogP contribution in [0.4, 0.5) is 5.69 Å². The Bertz CT molecular complexity index is 837. The Labute approximate surface area is 156 Å². The Morgan fingerprint density at radius 2 is 1.96 bits per heavy atom. The number of aryl methyl sites for hydroxylation is 1. The first-order valence-corrected chi connectivity index (χ1v) is 9.24. The van der Waals surface area contributed by atoms with Crippen molar-refractivity contribution in [2.24, 2.45) is 10.9 Å². The van der Waals surface area contributed by atoms with Gasteiger partial charge in [0.25, 0.3) is 5.91 Å². The lowest BCUT2D eigenvalue weighted by Crippen LogP contribution is -2.32. The van der Waals surface area contributed by atoms with Gasteiger partial charge in [0.2, 0.25) is 0 Å². The molecular weight excluding hydrogens is 356 g/mol. The summed E-state index contributed by atoms with van der Waals surface area (Å²) < 4.78 is 5.56. The molecule has 2 heterocycles. The number of benzene rings is 1. The lowest BCUT2D eigenvalue weighted by Gasteiger charge is -2.17. The fraction of sp³-hybridized carbons (Fsp3) is 0.263. The van der Waals surface area contributed by atoms with E-state index in [1.807, 2.05) is 31.2 Å². The van der Waals surface area contributed by atoms with Crippen LogP contribution < -0.4 is 0 Å². The van der Waals surface area contributed by atoms with E-state index in [2.05, 4.69) is 18.8 Å². The molecule has 1 aliphatic heterocycles. The number of carbonyl (C=O) groups excluding carboxylic acids is 1. The topological polar surface area (TPSA) is 45.8 Å². The second kappa shape index (κ2) is 7.50. The summed E-state index contributed by atoms with van der Waals surface area (Å²) in [6.07, 6.45) is 1.78. The molecule has 1 aromatic carbocycles. The smallest absolute Gasteiger partial charge is 0.266 e. The highest BCUT2D eigenvalue weighted by Gasteiger charge is 2.34. The van der Waals surface area contributed by atoms with E-state index in [4.69, 9.17) is 16.0 Å². The molecular formula is C19H19ClN2O2S. The number of rotatable bonds is 4. The second-order valence-corrected chi connectivity index (χ2v) is 7.68. The van der Waals surface area contributed by atoms with Crippen molar-refractivity contribution in [1.82, 2.24) is 4.90 Å². The molecule has 4 nitrogen and oxygen atoms in total. The van der Waals surface area contributed by atoms with Crippen molar-refractivity contribution >= 4 is 46.2 Å². The number of aliphatic imine (C=N–C) groups is 1. The average molecular weight is 375 g/mol. The summed E-state index contributed by atoms with van der Waals surface area (Å²) in [6.45, 7) is 6.65. The first kappa shape index (κ1) is 17.8. The number of amides is 1. The van der Waals surface area contributed by atoms with Crippen LogP contribution in [0, 0.1) is 12.8 Å². The summed E-state index contributed by atoms with van der Waals surface area (Å²) in [6, 6.07) is 11.0. The van der Waals surface area contributed by atoms with Gasteiger partial charge >= 0.3 is 0 Å². The third-order valence-electron chi connectivity index (χ3n) is 3.52. The number of amidine groups is 1. The summed E-state index contributed by atoms with van der Waals surface area (Å²) in [7, 11) is 0. The van der Waals surface area contributed by atoms with Gasteiger partial charge in [-0.3, -0.25) is 9.69 Å². The van der Waals surface area contributed by atoms with Gasteiger partial charge in [-0.15, -0.1) is 0 Å². The molecule has 25 heavy (non-hydrogen) atoms. The predicted molar refractivity (Wildman–Crippen MR) is 104 cm³/mol. The summed E-state index contributed by atoms with van der Waals surface area (Å²) >= 11 is 7.29. The fourth-order valence-corrected chi connectivity index (χ4v) is 3.52. The molecule has 130 valence electrons. The molecule has 1 aliphatic rings. The van der Waals surface area contributed by atoms with Crippen LogP contribution in [-0.4, -0.2) is 22.5 Å². The minimum atomic E-state index is -0.0412. The highest BCUT2D eigenvalue weighted by Crippen LogP contribution is 2.35. The van der Waals surface area contributed by atoms with Gasteiger partial charge in [-0.05, 0) is 61.0 Å². The van der Waals surface area contributed by atoms with Crippen molar-refractivity contribution in [3.63, 3.8) is 0 Å². The number of halogens is 1. The second-order valence-electron chi connectivity index (χ2n) is 6.24. The molecule has 0 atom stereocenters. The minimum absolute atomic E-state index is 0.0412. The van der Waals surface area contributed by atoms with Crippen molar-refractivity contribution in [2.45, 2.75) is 20.8 Å². The molecule has 1 amide bonds. The van der Waals surface area contributed by atoms with Crippen molar-refractivity contribution in [3.8, 4) is 0 Å². The number of thioether (sulfide) groups is 1. The fourth-order valence-electron chi connectivity index (χ4n) is 2.40. The van der Waals surface area contributed by atoms with E-state index < -0.39 is 0 Å². The van der Waals surface area contributed by atoms with Crippen molar-refractivity contribution in [2.75, 3.05) is 6.54 Å². The standard InChI is InChI=1S/C19H19ClN2O2S/c1-12(2)11-22-18(23)17(10-16-9-4-13(3)24-16)25-19(22)21-15-7-5-14(20)6-8-15/h4-10,12H,11H2,1-3H3/b17-10-,21-19?. The van der Waals surface area contributed by atoms with Crippen LogP contribution >= 0.6 is 23.4 Å². The van der Waals surface area contributed by atoms with E-state index in [1.54, 1.807) is 23.1 Å². The van der Waals surface area contributed by atoms with Gasteiger partial charge in [0.05, 0.1) is 10.6 Å². The third kappa shape index (κ3) is 4.35. The Balaban J connectivity index is 1.93. The molecule has 0 radical (unpaired) electrons. The molecule has 0 saturated carbocycles. The number of nitrogens with zero attached hydrogens (tertiary/aromatic N) is 2. The Morgan fingerprint density at radius 3 is 2.56 bits per heavy atom. The number of furan rings is 1. The molecule has 1 fully saturated rings. The maximum absolute atomic E-state index is 12.8. The van der Waals surface area contributed by atoms with Gasteiger partial charge < -0.3 is 4.42 Å². The van der Waals surface area contributed by atoms with Crippen LogP contribution in [0.2, 0.25) is 5.02 Å². The van der Waals surface area contributed by atoms with Gasteiger partial charge in [-0.25, -0.2) is 4.99 Å². The molecule has 3 rings (SSSR count). The van der Waals surface area contributed by atoms with Crippen LogP contribution in [0.15, 0.2) is 50.7 Å². The highest BCUT2D eigenvalue weighted by atomic mass is 35.5. The SMILES string of the molecule is Cc1ccc(/C=C2\SC(=Nc3ccc(Cl)cc3)N(CC(C)C)C2=O)o1. The van der Waals surface area contributed by atoms with Crippen LogP contribution in [0.25, 0.3) is 6.08 Å².